The molecule has 0 aliphatic heterocycles. The lowest BCUT2D eigenvalue weighted by molar-refractivity contribution is -0.995. The summed E-state index contributed by atoms with van der Waals surface area (Å²) in [6.07, 6.45) is 13.9. The van der Waals surface area contributed by atoms with Gasteiger partial charge in [0, 0.05) is 0 Å². The maximum Gasteiger partial charge on any atom is 0.311 e. The van der Waals surface area contributed by atoms with E-state index in [4.69, 9.17) is 4.74 Å². The van der Waals surface area contributed by atoms with Crippen molar-refractivity contribution in [2.24, 2.45) is 0 Å². The van der Waals surface area contributed by atoms with Crippen LogP contribution >= 0.6 is 0 Å². The Bertz CT molecular complexity index is 741. The van der Waals surface area contributed by atoms with Gasteiger partial charge in [0.1, 0.15) is 65.4 Å². The Balaban J connectivity index is 4.89. The number of aliphatic hydroxyl groups is 4. The van der Waals surface area contributed by atoms with Crippen LogP contribution in [0.5, 0.6) is 0 Å². The number of unbranched alkanes of at least 4 members (excludes halogenated alkanes) is 9. The molecule has 0 aromatic rings. The SMILES string of the molecule is CCCCCCCCCCCCOC(=O)CC[N+](C)(CCO)CC[N+](C)(CCO)CC[N+](C)(CCO)CC[N+](C)(CCC)CCO. The standard InChI is InChI=1S/C36H80N4O6/c1-7-9-10-11-12-13-14-15-16-17-35-46-36(45)18-20-38(4,28-32-42)22-24-40(6,30-34-44)26-25-39(5,29-33-43)23-21-37(3,19-8-2)27-31-41/h41-44H,7-35H2,1-6H3/q+4. The molecule has 0 radical (unpaired) electrons. The molecule has 276 valence electrons. The molecule has 4 N–H and O–H groups in total. The van der Waals surface area contributed by atoms with Crippen molar-refractivity contribution in [3.8, 4) is 0 Å². The molecule has 10 nitrogen and oxygen atoms in total. The van der Waals surface area contributed by atoms with Crippen LogP contribution in [0.15, 0.2) is 0 Å². The van der Waals surface area contributed by atoms with Gasteiger partial charge in [0.25, 0.3) is 0 Å². The van der Waals surface area contributed by atoms with E-state index in [0.717, 1.165) is 80.6 Å². The highest BCUT2D eigenvalue weighted by atomic mass is 16.5. The molecule has 0 aliphatic carbocycles. The van der Waals surface area contributed by atoms with Gasteiger partial charge in [-0.2, -0.15) is 0 Å². The third-order valence-electron chi connectivity index (χ3n) is 10.5. The molecule has 0 bridgehead atoms. The van der Waals surface area contributed by atoms with Crippen molar-refractivity contribution in [2.45, 2.75) is 90.9 Å². The Labute approximate surface area is 284 Å². The van der Waals surface area contributed by atoms with Gasteiger partial charge in [0.05, 0.1) is 80.7 Å². The van der Waals surface area contributed by atoms with Crippen LogP contribution in [0.4, 0.5) is 0 Å². The van der Waals surface area contributed by atoms with Crippen molar-refractivity contribution in [1.82, 2.24) is 0 Å². The third-order valence-corrected chi connectivity index (χ3v) is 10.5. The maximum absolute atomic E-state index is 12.6. The summed E-state index contributed by atoms with van der Waals surface area (Å²) in [4.78, 5) is 12.6. The molecule has 0 saturated heterocycles. The van der Waals surface area contributed by atoms with Gasteiger partial charge in [-0.1, -0.05) is 71.6 Å². The molecule has 0 aliphatic rings. The van der Waals surface area contributed by atoms with E-state index in [2.05, 4.69) is 42.0 Å². The summed E-state index contributed by atoms with van der Waals surface area (Å²) in [5.74, 6) is -0.155. The lowest BCUT2D eigenvalue weighted by Crippen LogP contribution is -2.61. The summed E-state index contributed by atoms with van der Waals surface area (Å²) in [7, 11) is 8.71. The van der Waals surface area contributed by atoms with Crippen molar-refractivity contribution in [1.29, 1.82) is 0 Å². The van der Waals surface area contributed by atoms with Gasteiger partial charge in [-0.15, -0.1) is 0 Å². The van der Waals surface area contributed by atoms with Gasteiger partial charge in [0.15, 0.2) is 0 Å². The molecule has 0 rings (SSSR count). The Hall–Kier alpha value is -0.850. The lowest BCUT2D eigenvalue weighted by atomic mass is 10.1. The fraction of sp³-hybridized carbons (Fsp3) is 0.972. The summed E-state index contributed by atoms with van der Waals surface area (Å²) in [6, 6.07) is 0. The normalized spacial score (nSPS) is 17.2. The number of esters is 1. The van der Waals surface area contributed by atoms with Crippen molar-refractivity contribution < 1.29 is 47.9 Å². The van der Waals surface area contributed by atoms with E-state index >= 15 is 0 Å². The minimum absolute atomic E-state index is 0.0575. The van der Waals surface area contributed by atoms with E-state index < -0.39 is 0 Å². The van der Waals surface area contributed by atoms with Crippen molar-refractivity contribution >= 4 is 5.97 Å². The zero-order valence-electron chi connectivity index (χ0n) is 31.4. The van der Waals surface area contributed by atoms with Crippen molar-refractivity contribution in [2.75, 3.05) is 140 Å². The number of hydrogen-bond donors (Lipinski definition) is 4. The molecular formula is C36H80N4O6+4. The van der Waals surface area contributed by atoms with Gasteiger partial charge in [0.2, 0.25) is 0 Å². The van der Waals surface area contributed by atoms with E-state index in [9.17, 15) is 25.2 Å². The molecule has 4 atom stereocenters. The quantitative estimate of drug-likeness (QED) is 0.0489. The summed E-state index contributed by atoms with van der Waals surface area (Å²) < 4.78 is 8.41. The minimum Gasteiger partial charge on any atom is -0.466 e. The van der Waals surface area contributed by atoms with Gasteiger partial charge in [-0.25, -0.2) is 0 Å². The van der Waals surface area contributed by atoms with Gasteiger partial charge in [-0.3, -0.25) is 4.79 Å². The second-order valence-electron chi connectivity index (χ2n) is 15.2. The van der Waals surface area contributed by atoms with E-state index in [1.165, 1.54) is 51.4 Å². The minimum atomic E-state index is -0.155. The Morgan fingerprint density at radius 2 is 0.761 bits per heavy atom. The highest BCUT2D eigenvalue weighted by Gasteiger charge is 2.34. The average molecular weight is 665 g/mol. The van der Waals surface area contributed by atoms with Crippen LogP contribution in [0, 0.1) is 0 Å². The first kappa shape index (κ1) is 45.2. The fourth-order valence-electron chi connectivity index (χ4n) is 6.50. The number of quaternary nitrogens is 4. The Kier molecular flexibility index (Phi) is 25.6. The first-order valence-corrected chi connectivity index (χ1v) is 18.8. The summed E-state index contributed by atoms with van der Waals surface area (Å²) in [6.45, 7) is 14.8. The van der Waals surface area contributed by atoms with E-state index in [1.54, 1.807) is 0 Å². The number of ether oxygens (including phenoxy) is 1. The first-order valence-electron chi connectivity index (χ1n) is 18.8. The van der Waals surface area contributed by atoms with Crippen LogP contribution in [0.25, 0.3) is 0 Å². The smallest absolute Gasteiger partial charge is 0.311 e. The summed E-state index contributed by atoms with van der Waals surface area (Å²) in [5, 5.41) is 39.4. The molecule has 0 fully saturated rings. The molecule has 0 spiro atoms. The molecule has 0 heterocycles. The summed E-state index contributed by atoms with van der Waals surface area (Å²) in [5.41, 5.74) is 0. The topological polar surface area (TPSA) is 107 Å². The number of carbonyl (C=O) groups excluding carboxylic acids is 1. The van der Waals surface area contributed by atoms with Crippen LogP contribution in [0.3, 0.4) is 0 Å². The fourth-order valence-corrected chi connectivity index (χ4v) is 6.50. The highest BCUT2D eigenvalue weighted by molar-refractivity contribution is 5.69. The van der Waals surface area contributed by atoms with Crippen LogP contribution in [0.1, 0.15) is 90.9 Å². The molecule has 4 unspecified atom stereocenters. The monoisotopic (exact) mass is 665 g/mol. The molecule has 46 heavy (non-hydrogen) atoms. The average Bonchev–Trinajstić information content (AvgIpc) is 3.01. The number of likely N-dealkylation sites (N-methyl/N-ethyl adjacent to an activating group) is 4. The van der Waals surface area contributed by atoms with Crippen LogP contribution in [-0.4, -0.2) is 184 Å². The van der Waals surface area contributed by atoms with Crippen LogP contribution < -0.4 is 0 Å². The predicted octanol–water partition coefficient (Wildman–Crippen LogP) is 3.01. The molecule has 0 aromatic carbocycles. The largest absolute Gasteiger partial charge is 0.466 e. The highest BCUT2D eigenvalue weighted by Crippen LogP contribution is 2.15. The Morgan fingerprint density at radius 3 is 1.11 bits per heavy atom. The van der Waals surface area contributed by atoms with Crippen molar-refractivity contribution in [3.63, 3.8) is 0 Å². The van der Waals surface area contributed by atoms with Crippen LogP contribution in [0.2, 0.25) is 0 Å². The van der Waals surface area contributed by atoms with Gasteiger partial charge < -0.3 is 43.1 Å². The third kappa shape index (κ3) is 21.9. The molecular weight excluding hydrogens is 584 g/mol. The van der Waals surface area contributed by atoms with E-state index in [-0.39, 0.29) is 32.4 Å². The number of aliphatic hydroxyl groups excluding tert-OH is 4. The summed E-state index contributed by atoms with van der Waals surface area (Å²) >= 11 is 0. The van der Waals surface area contributed by atoms with E-state index in [1.807, 2.05) is 0 Å². The number of rotatable bonds is 33. The van der Waals surface area contributed by atoms with Gasteiger partial charge >= 0.3 is 5.97 Å². The maximum atomic E-state index is 12.6. The number of nitrogens with zero attached hydrogens (tertiary/aromatic N) is 4. The second-order valence-corrected chi connectivity index (χ2v) is 15.2. The second kappa shape index (κ2) is 26.1. The Morgan fingerprint density at radius 1 is 0.435 bits per heavy atom. The van der Waals surface area contributed by atoms with E-state index in [0.29, 0.717) is 48.2 Å². The molecule has 0 saturated carbocycles. The van der Waals surface area contributed by atoms with Gasteiger partial charge in [-0.05, 0) is 12.8 Å². The van der Waals surface area contributed by atoms with Crippen molar-refractivity contribution in [3.05, 3.63) is 0 Å². The molecule has 0 aromatic heterocycles. The van der Waals surface area contributed by atoms with Crippen LogP contribution in [-0.2, 0) is 9.53 Å². The zero-order chi connectivity index (χ0) is 34.8. The first-order chi connectivity index (χ1) is 21.9. The predicted molar refractivity (Wildman–Crippen MR) is 189 cm³/mol. The number of carbonyl (C=O) groups is 1. The number of hydrogen-bond acceptors (Lipinski definition) is 6. The molecule has 10 heteroatoms. The lowest BCUT2D eigenvalue weighted by Gasteiger charge is -2.43. The molecule has 0 amide bonds. The zero-order valence-corrected chi connectivity index (χ0v) is 31.4.